The van der Waals surface area contributed by atoms with E-state index >= 15 is 0 Å². The van der Waals surface area contributed by atoms with Gasteiger partial charge < -0.3 is 9.64 Å². The Morgan fingerprint density at radius 3 is 3.09 bits per heavy atom. The predicted molar refractivity (Wildman–Crippen MR) is 85.8 cm³/mol. The minimum atomic E-state index is -3.12. The van der Waals surface area contributed by atoms with Gasteiger partial charge in [-0.3, -0.25) is 9.89 Å². The van der Waals surface area contributed by atoms with E-state index in [1.165, 1.54) is 6.26 Å². The lowest BCUT2D eigenvalue weighted by Gasteiger charge is -2.32. The molecule has 1 fully saturated rings. The first-order chi connectivity index (χ1) is 10.9. The smallest absolute Gasteiger partial charge is 0.227 e. The minimum Gasteiger partial charge on any atom is -0.373 e. The SMILES string of the molecule is CS(=O)(=O)CC1CN(C(=O)Cc2ccc3cn[nH]c3c2)CCO1. The Hall–Kier alpha value is -1.93. The van der Waals surface area contributed by atoms with Gasteiger partial charge in [-0.15, -0.1) is 0 Å². The topological polar surface area (TPSA) is 92.4 Å². The summed E-state index contributed by atoms with van der Waals surface area (Å²) in [5.74, 6) is -0.0812. The number of H-pyrrole nitrogens is 1. The number of rotatable bonds is 4. The van der Waals surface area contributed by atoms with Crippen molar-refractivity contribution >= 4 is 26.6 Å². The molecule has 0 radical (unpaired) electrons. The third-order valence-corrected chi connectivity index (χ3v) is 4.82. The first kappa shape index (κ1) is 15.9. The molecule has 7 nitrogen and oxygen atoms in total. The highest BCUT2D eigenvalue weighted by Crippen LogP contribution is 2.15. The molecule has 1 aromatic heterocycles. The molecule has 124 valence electrons. The van der Waals surface area contributed by atoms with Crippen molar-refractivity contribution in [2.24, 2.45) is 0 Å². The fraction of sp³-hybridized carbons (Fsp3) is 0.467. The van der Waals surface area contributed by atoms with Crippen LogP contribution in [0.25, 0.3) is 10.9 Å². The van der Waals surface area contributed by atoms with E-state index in [0.717, 1.165) is 16.5 Å². The molecule has 1 atom stereocenters. The van der Waals surface area contributed by atoms with Crippen molar-refractivity contribution in [3.05, 3.63) is 30.0 Å². The lowest BCUT2D eigenvalue weighted by molar-refractivity contribution is -0.137. The second kappa shape index (κ2) is 6.29. The molecule has 1 aliphatic heterocycles. The predicted octanol–water partition coefficient (Wildman–Crippen LogP) is 0.377. The van der Waals surface area contributed by atoms with E-state index < -0.39 is 15.9 Å². The van der Waals surface area contributed by atoms with Crippen molar-refractivity contribution in [1.29, 1.82) is 0 Å². The van der Waals surface area contributed by atoms with Crippen molar-refractivity contribution < 1.29 is 17.9 Å². The van der Waals surface area contributed by atoms with Crippen LogP contribution >= 0.6 is 0 Å². The molecule has 1 aromatic carbocycles. The van der Waals surface area contributed by atoms with Gasteiger partial charge in [0.15, 0.2) is 0 Å². The van der Waals surface area contributed by atoms with Crippen LogP contribution in [0.4, 0.5) is 0 Å². The number of sulfone groups is 1. The number of carbonyl (C=O) groups is 1. The number of hydrogen-bond donors (Lipinski definition) is 1. The summed E-state index contributed by atoms with van der Waals surface area (Å²) in [6.07, 6.45) is 2.74. The molecule has 23 heavy (non-hydrogen) atoms. The standard InChI is InChI=1S/C15H19N3O4S/c1-23(20,21)10-13-9-18(4-5-22-13)15(19)7-11-2-3-12-8-16-17-14(12)6-11/h2-3,6,8,13H,4-5,7,9-10H2,1H3,(H,16,17). The number of nitrogens with zero attached hydrogens (tertiary/aromatic N) is 2. The van der Waals surface area contributed by atoms with E-state index in [1.807, 2.05) is 18.2 Å². The number of ether oxygens (including phenoxy) is 1. The summed E-state index contributed by atoms with van der Waals surface area (Å²) < 4.78 is 28.2. The van der Waals surface area contributed by atoms with Crippen LogP contribution in [0.15, 0.2) is 24.4 Å². The molecule has 1 saturated heterocycles. The van der Waals surface area contributed by atoms with Gasteiger partial charge in [0.25, 0.3) is 0 Å². The number of nitrogens with one attached hydrogen (secondary N) is 1. The van der Waals surface area contributed by atoms with Crippen LogP contribution in [-0.2, 0) is 25.8 Å². The molecular weight excluding hydrogens is 318 g/mol. The second-order valence-corrected chi connectivity index (χ2v) is 8.08. The summed E-state index contributed by atoms with van der Waals surface area (Å²) >= 11 is 0. The second-order valence-electron chi connectivity index (χ2n) is 5.89. The Morgan fingerprint density at radius 2 is 2.30 bits per heavy atom. The molecular formula is C15H19N3O4S. The summed E-state index contributed by atoms with van der Waals surface area (Å²) in [5.41, 5.74) is 1.80. The number of aromatic amines is 1. The average Bonchev–Trinajstić information content (AvgIpc) is 2.93. The van der Waals surface area contributed by atoms with Gasteiger partial charge in [-0.25, -0.2) is 8.42 Å². The average molecular weight is 337 g/mol. The molecule has 1 aliphatic rings. The van der Waals surface area contributed by atoms with Crippen molar-refractivity contribution in [2.45, 2.75) is 12.5 Å². The van der Waals surface area contributed by atoms with Crippen LogP contribution in [0.5, 0.6) is 0 Å². The van der Waals surface area contributed by atoms with E-state index in [0.29, 0.717) is 19.7 Å². The van der Waals surface area contributed by atoms with Crippen LogP contribution in [0.1, 0.15) is 5.56 Å². The number of benzene rings is 1. The maximum Gasteiger partial charge on any atom is 0.227 e. The van der Waals surface area contributed by atoms with Gasteiger partial charge in [-0.1, -0.05) is 12.1 Å². The van der Waals surface area contributed by atoms with E-state index in [-0.39, 0.29) is 18.1 Å². The fourth-order valence-electron chi connectivity index (χ4n) is 2.76. The van der Waals surface area contributed by atoms with Gasteiger partial charge in [-0.05, 0) is 11.6 Å². The normalized spacial score (nSPS) is 19.2. The summed E-state index contributed by atoms with van der Waals surface area (Å²) in [7, 11) is -3.12. The third-order valence-electron chi connectivity index (χ3n) is 3.84. The number of aromatic nitrogens is 2. The lowest BCUT2D eigenvalue weighted by Crippen LogP contribution is -2.48. The van der Waals surface area contributed by atoms with Crippen LogP contribution in [0.3, 0.4) is 0 Å². The molecule has 0 aliphatic carbocycles. The highest BCUT2D eigenvalue weighted by molar-refractivity contribution is 7.90. The zero-order valence-corrected chi connectivity index (χ0v) is 13.7. The maximum atomic E-state index is 12.4. The summed E-state index contributed by atoms with van der Waals surface area (Å²) in [6.45, 7) is 1.18. The van der Waals surface area contributed by atoms with E-state index in [4.69, 9.17) is 4.74 Å². The summed E-state index contributed by atoms with van der Waals surface area (Å²) in [5, 5.41) is 7.85. The molecule has 8 heteroatoms. The molecule has 2 aromatic rings. The third kappa shape index (κ3) is 4.08. The van der Waals surface area contributed by atoms with Crippen molar-refractivity contribution in [2.75, 3.05) is 31.7 Å². The molecule has 0 bridgehead atoms. The first-order valence-corrected chi connectivity index (χ1v) is 9.46. The molecule has 0 spiro atoms. The fourth-order valence-corrected chi connectivity index (χ4v) is 3.64. The summed E-state index contributed by atoms with van der Waals surface area (Å²) in [6, 6.07) is 5.74. The Morgan fingerprint density at radius 1 is 1.48 bits per heavy atom. The zero-order chi connectivity index (χ0) is 16.4. The highest BCUT2D eigenvalue weighted by Gasteiger charge is 2.26. The van der Waals surface area contributed by atoms with Crippen LogP contribution in [0, 0.1) is 0 Å². The number of carbonyl (C=O) groups excluding carboxylic acids is 1. The van der Waals surface area contributed by atoms with Crippen molar-refractivity contribution in [1.82, 2.24) is 15.1 Å². The lowest BCUT2D eigenvalue weighted by atomic mass is 10.1. The molecule has 1 amide bonds. The Balaban J connectivity index is 1.65. The molecule has 0 saturated carbocycles. The largest absolute Gasteiger partial charge is 0.373 e. The van der Waals surface area contributed by atoms with Crippen LogP contribution < -0.4 is 0 Å². The number of amides is 1. The number of hydrogen-bond acceptors (Lipinski definition) is 5. The van der Waals surface area contributed by atoms with Crippen molar-refractivity contribution in [3.63, 3.8) is 0 Å². The van der Waals surface area contributed by atoms with E-state index in [1.54, 1.807) is 11.1 Å². The van der Waals surface area contributed by atoms with Crippen LogP contribution in [0.2, 0.25) is 0 Å². The van der Waals surface area contributed by atoms with Gasteiger partial charge in [0.2, 0.25) is 5.91 Å². The van der Waals surface area contributed by atoms with E-state index in [9.17, 15) is 13.2 Å². The Kier molecular flexibility index (Phi) is 4.36. The monoisotopic (exact) mass is 337 g/mol. The Bertz CT molecular complexity index is 815. The maximum absolute atomic E-state index is 12.4. The molecule has 3 rings (SSSR count). The highest BCUT2D eigenvalue weighted by atomic mass is 32.2. The van der Waals surface area contributed by atoms with Crippen LogP contribution in [-0.4, -0.2) is 67.2 Å². The summed E-state index contributed by atoms with van der Waals surface area (Å²) in [4.78, 5) is 14.1. The quantitative estimate of drug-likeness (QED) is 0.870. The van der Waals surface area contributed by atoms with Gasteiger partial charge in [-0.2, -0.15) is 5.10 Å². The molecule has 1 N–H and O–H groups in total. The van der Waals surface area contributed by atoms with Crippen molar-refractivity contribution in [3.8, 4) is 0 Å². The number of morpholine rings is 1. The van der Waals surface area contributed by atoms with E-state index in [2.05, 4.69) is 10.2 Å². The van der Waals surface area contributed by atoms with Gasteiger partial charge >= 0.3 is 0 Å². The zero-order valence-electron chi connectivity index (χ0n) is 12.9. The van der Waals surface area contributed by atoms with Gasteiger partial charge in [0.1, 0.15) is 9.84 Å². The first-order valence-electron chi connectivity index (χ1n) is 7.40. The number of fused-ring (bicyclic) bond motifs is 1. The van der Waals surface area contributed by atoms with Gasteiger partial charge in [0, 0.05) is 24.7 Å². The molecule has 2 heterocycles. The minimum absolute atomic E-state index is 0.0225. The Labute approximate surface area is 134 Å². The molecule has 1 unspecified atom stereocenters. The van der Waals surface area contributed by atoms with Gasteiger partial charge in [0.05, 0.1) is 36.6 Å².